The van der Waals surface area contributed by atoms with Crippen LogP contribution in [0.3, 0.4) is 0 Å². The van der Waals surface area contributed by atoms with Crippen LogP contribution in [0.15, 0.2) is 206 Å². The highest BCUT2D eigenvalue weighted by atomic mass is 28.3. The van der Waals surface area contributed by atoms with Crippen molar-refractivity contribution in [2.75, 3.05) is 4.90 Å². The topological polar surface area (TPSA) is 3.24 Å². The predicted molar refractivity (Wildman–Crippen MR) is 218 cm³/mol. The highest BCUT2D eigenvalue weighted by Gasteiger charge is 2.36. The number of hydrogen-bond donors (Lipinski definition) is 0. The molecule has 0 amide bonds. The molecule has 50 heavy (non-hydrogen) atoms. The molecule has 0 N–H and O–H groups in total. The zero-order valence-electron chi connectivity index (χ0n) is 27.7. The van der Waals surface area contributed by atoms with Crippen LogP contribution in [0.25, 0.3) is 38.4 Å². The van der Waals surface area contributed by atoms with Crippen molar-refractivity contribution < 1.29 is 0 Å². The van der Waals surface area contributed by atoms with Gasteiger partial charge in [-0.2, -0.15) is 0 Å². The fourth-order valence-electron chi connectivity index (χ4n) is 7.84. The summed E-state index contributed by atoms with van der Waals surface area (Å²) in [6.45, 7) is 0. The molecule has 0 aliphatic rings. The molecule has 0 aliphatic heterocycles. The summed E-state index contributed by atoms with van der Waals surface area (Å²) in [5.41, 5.74) is 7.24. The third-order valence-electron chi connectivity index (χ3n) is 10.1. The smallest absolute Gasteiger partial charge is 0.172 e. The number of benzene rings is 9. The molecule has 0 saturated carbocycles. The van der Waals surface area contributed by atoms with E-state index in [-0.39, 0.29) is 0 Å². The molecule has 9 aromatic carbocycles. The summed E-state index contributed by atoms with van der Waals surface area (Å²) in [4.78, 5) is 2.38. The number of hydrogen-bond acceptors (Lipinski definition) is 1. The van der Waals surface area contributed by atoms with Crippen LogP contribution in [0.5, 0.6) is 0 Å². The van der Waals surface area contributed by atoms with Crippen molar-refractivity contribution in [1.82, 2.24) is 0 Å². The van der Waals surface area contributed by atoms with Crippen molar-refractivity contribution in [2.24, 2.45) is 0 Å². The first-order valence-corrected chi connectivity index (χ1v) is 19.4. The molecule has 0 saturated heterocycles. The molecular formula is C48H35NSi. The van der Waals surface area contributed by atoms with E-state index in [9.17, 15) is 0 Å². The van der Waals surface area contributed by atoms with E-state index in [2.05, 4.69) is 217 Å². The van der Waals surface area contributed by atoms with E-state index in [0.29, 0.717) is 0 Å². The third-order valence-corrected chi connectivity index (χ3v) is 14.5. The molecule has 0 unspecified atom stereocenters. The van der Waals surface area contributed by atoms with Crippen LogP contribution in [0.2, 0.25) is 0 Å². The number of rotatable bonds is 8. The minimum absolute atomic E-state index is 1.14. The number of nitrogens with zero attached hydrogens (tertiary/aromatic N) is 1. The van der Waals surface area contributed by atoms with E-state index in [1.807, 2.05) is 0 Å². The summed E-state index contributed by atoms with van der Waals surface area (Å²) in [7, 11) is -2.56. The fourth-order valence-corrected chi connectivity index (χ4v) is 12.0. The molecule has 0 aliphatic carbocycles. The molecule has 0 atom stereocenters. The Kier molecular flexibility index (Phi) is 7.57. The van der Waals surface area contributed by atoms with E-state index in [1.165, 1.54) is 59.1 Å². The summed E-state index contributed by atoms with van der Waals surface area (Å²) in [5, 5.41) is 11.8. The molecule has 9 aromatic rings. The van der Waals surface area contributed by atoms with E-state index in [0.717, 1.165) is 11.4 Å². The molecule has 9 rings (SSSR count). The normalized spacial score (nSPS) is 11.9. The lowest BCUT2D eigenvalue weighted by Crippen LogP contribution is -2.66. The maximum atomic E-state index is 2.55. The van der Waals surface area contributed by atoms with Gasteiger partial charge in [0.25, 0.3) is 0 Å². The summed E-state index contributed by atoms with van der Waals surface area (Å²) in [6, 6.07) is 73.1. The van der Waals surface area contributed by atoms with Gasteiger partial charge in [-0.15, -0.1) is 0 Å². The fraction of sp³-hybridized carbons (Fsp3) is 0. The van der Waals surface area contributed by atoms with Gasteiger partial charge in [0.05, 0.1) is 5.69 Å². The molecule has 0 heterocycles. The molecule has 0 spiro atoms. The summed E-state index contributed by atoms with van der Waals surface area (Å²) >= 11 is 0. The van der Waals surface area contributed by atoms with Crippen LogP contribution in [0, 0.1) is 0 Å². The molecule has 2 heteroatoms. The van der Waals surface area contributed by atoms with Crippen LogP contribution in [-0.2, 0) is 0 Å². The lowest BCUT2D eigenvalue weighted by molar-refractivity contribution is 1.30. The van der Waals surface area contributed by atoms with E-state index in [1.54, 1.807) is 0 Å². The van der Waals surface area contributed by atoms with Crippen LogP contribution < -0.4 is 20.5 Å². The first-order chi connectivity index (χ1) is 24.8. The molecule has 0 bridgehead atoms. The molecule has 1 nitrogen and oxygen atoms in total. The van der Waals surface area contributed by atoms with Crippen molar-refractivity contribution in [2.45, 2.75) is 0 Å². The maximum absolute atomic E-state index is 2.56. The standard InChI is InChI=1S/C48H35NSi/c1-6-16-39(17-7-1)49(40-18-8-2-9-19-40)46-33-30-38-28-31-44-36(26-27-37-29-32-45(46)48(38)47(37)44)34-35-50(41-20-10-3-11-21-41,42-22-12-4-13-23-42)43-24-14-5-15-25-43/h1-35H/b35-34+. The largest absolute Gasteiger partial charge is 0.310 e. The molecule has 0 aromatic heterocycles. The van der Waals surface area contributed by atoms with Gasteiger partial charge in [0.1, 0.15) is 0 Å². The first-order valence-electron chi connectivity index (χ1n) is 17.3. The van der Waals surface area contributed by atoms with Crippen molar-refractivity contribution in [3.63, 3.8) is 0 Å². The Balaban J connectivity index is 1.27. The van der Waals surface area contributed by atoms with Gasteiger partial charge in [-0.25, -0.2) is 0 Å². The van der Waals surface area contributed by atoms with Crippen molar-refractivity contribution >= 4 is 79.1 Å². The Morgan fingerprint density at radius 1 is 0.360 bits per heavy atom. The van der Waals surface area contributed by atoms with E-state index >= 15 is 0 Å². The molecular weight excluding hydrogens is 619 g/mol. The second-order valence-corrected chi connectivity index (χ2v) is 16.6. The predicted octanol–water partition coefficient (Wildman–Crippen LogP) is 10.8. The zero-order chi connectivity index (χ0) is 33.3. The SMILES string of the molecule is C(=C\[Si](c1ccccc1)(c1ccccc1)c1ccccc1)/c1ccc2ccc3c(N(c4ccccc4)c4ccccc4)ccc4ccc1c2c43. The van der Waals surface area contributed by atoms with Gasteiger partial charge in [-0.05, 0) is 78.4 Å². The second kappa shape index (κ2) is 12.7. The van der Waals surface area contributed by atoms with Crippen LogP contribution >= 0.6 is 0 Å². The molecule has 0 radical (unpaired) electrons. The quantitative estimate of drug-likeness (QED) is 0.0896. The highest BCUT2D eigenvalue weighted by Crippen LogP contribution is 2.44. The van der Waals surface area contributed by atoms with Crippen LogP contribution in [0.4, 0.5) is 17.1 Å². The third kappa shape index (κ3) is 5.01. The van der Waals surface area contributed by atoms with E-state index in [4.69, 9.17) is 0 Å². The lowest BCUT2D eigenvalue weighted by Gasteiger charge is -2.31. The van der Waals surface area contributed by atoms with Gasteiger partial charge in [0.15, 0.2) is 8.07 Å². The second-order valence-electron chi connectivity index (χ2n) is 12.9. The zero-order valence-corrected chi connectivity index (χ0v) is 28.7. The van der Waals surface area contributed by atoms with Crippen LogP contribution in [0.1, 0.15) is 5.56 Å². The lowest BCUT2D eigenvalue weighted by atomic mass is 9.91. The van der Waals surface area contributed by atoms with Gasteiger partial charge in [0.2, 0.25) is 0 Å². The summed E-state index contributed by atoms with van der Waals surface area (Å²) in [5.74, 6) is 0. The minimum atomic E-state index is -2.56. The van der Waals surface area contributed by atoms with Gasteiger partial charge in [-0.3, -0.25) is 0 Å². The van der Waals surface area contributed by atoms with Crippen molar-refractivity contribution in [3.05, 3.63) is 211 Å². The number of anilines is 3. The minimum Gasteiger partial charge on any atom is -0.310 e. The van der Waals surface area contributed by atoms with Gasteiger partial charge in [0, 0.05) is 16.8 Å². The average molecular weight is 654 g/mol. The Labute approximate surface area is 294 Å². The maximum Gasteiger partial charge on any atom is 0.172 e. The van der Waals surface area contributed by atoms with Gasteiger partial charge < -0.3 is 4.90 Å². The number of para-hydroxylation sites is 2. The Bertz CT molecular complexity index is 2430. The monoisotopic (exact) mass is 653 g/mol. The van der Waals surface area contributed by atoms with Gasteiger partial charge in [-0.1, -0.05) is 182 Å². The van der Waals surface area contributed by atoms with Gasteiger partial charge >= 0.3 is 0 Å². The van der Waals surface area contributed by atoms with Crippen molar-refractivity contribution in [1.29, 1.82) is 0 Å². The van der Waals surface area contributed by atoms with Crippen LogP contribution in [-0.4, -0.2) is 8.07 Å². The average Bonchev–Trinajstić information content (AvgIpc) is 3.20. The Hall–Kier alpha value is -6.22. The summed E-state index contributed by atoms with van der Waals surface area (Å²) < 4.78 is 0. The summed E-state index contributed by atoms with van der Waals surface area (Å²) in [6.07, 6.45) is 2.41. The molecule has 0 fully saturated rings. The van der Waals surface area contributed by atoms with E-state index < -0.39 is 8.07 Å². The first kappa shape index (κ1) is 29.9. The molecule has 236 valence electrons. The Morgan fingerprint density at radius 3 is 1.26 bits per heavy atom. The Morgan fingerprint density at radius 2 is 0.760 bits per heavy atom. The highest BCUT2D eigenvalue weighted by molar-refractivity contribution is 7.15. The van der Waals surface area contributed by atoms with Crippen molar-refractivity contribution in [3.8, 4) is 0 Å².